The quantitative estimate of drug-likeness (QED) is 0.296. The fourth-order valence-corrected chi connectivity index (χ4v) is 3.16. The number of hydrogen-bond acceptors (Lipinski definition) is 1. The maximum atomic E-state index is 2.32. The van der Waals surface area contributed by atoms with Gasteiger partial charge in [-0.25, -0.2) is 0 Å². The molecule has 144 valence electrons. The van der Waals surface area contributed by atoms with Crippen LogP contribution >= 0.6 is 12.4 Å². The molecule has 0 aromatic carbocycles. The van der Waals surface area contributed by atoms with E-state index < -0.39 is 0 Å². The first-order valence-corrected chi connectivity index (χ1v) is 10.0. The molecule has 0 unspecified atom stereocenters. The maximum Gasteiger partial charge on any atom is 0.0219 e. The highest BCUT2D eigenvalue weighted by Gasteiger charge is 1.98. The number of allylic oxidation sites excluding steroid dienone is 2. The second kappa shape index (κ2) is 20.6. The SMILES string of the molecule is CCCCCCCCCCCCCCCCN1C=CCC=C1.Cl.O. The summed E-state index contributed by atoms with van der Waals surface area (Å²) in [6.45, 7) is 3.49. The van der Waals surface area contributed by atoms with E-state index in [9.17, 15) is 0 Å². The summed E-state index contributed by atoms with van der Waals surface area (Å²) in [6, 6.07) is 0. The Morgan fingerprint density at radius 1 is 0.625 bits per heavy atom. The van der Waals surface area contributed by atoms with Gasteiger partial charge in [0.25, 0.3) is 0 Å². The van der Waals surface area contributed by atoms with Crippen molar-refractivity contribution in [2.24, 2.45) is 0 Å². The minimum atomic E-state index is 0. The average molecular weight is 360 g/mol. The second-order valence-corrected chi connectivity index (χ2v) is 6.84. The van der Waals surface area contributed by atoms with Gasteiger partial charge in [0.15, 0.2) is 0 Å². The molecule has 1 aliphatic heterocycles. The Kier molecular flexibility index (Phi) is 22.1. The lowest BCUT2D eigenvalue weighted by atomic mass is 10.0. The monoisotopic (exact) mass is 359 g/mol. The zero-order chi connectivity index (χ0) is 15.7. The Labute approximate surface area is 157 Å². The molecule has 1 rings (SSSR count). The van der Waals surface area contributed by atoms with E-state index >= 15 is 0 Å². The van der Waals surface area contributed by atoms with Crippen LogP contribution in [-0.4, -0.2) is 16.9 Å². The number of nitrogens with zero attached hydrogens (tertiary/aromatic N) is 1. The Morgan fingerprint density at radius 2 is 1.00 bits per heavy atom. The molecule has 0 aromatic rings. The van der Waals surface area contributed by atoms with Crippen molar-refractivity contribution in [3.8, 4) is 0 Å². The smallest absolute Gasteiger partial charge is 0.0219 e. The largest absolute Gasteiger partial charge is 0.412 e. The molecule has 24 heavy (non-hydrogen) atoms. The lowest BCUT2D eigenvalue weighted by Gasteiger charge is -2.17. The van der Waals surface area contributed by atoms with E-state index in [-0.39, 0.29) is 17.9 Å². The van der Waals surface area contributed by atoms with Gasteiger partial charge >= 0.3 is 0 Å². The summed E-state index contributed by atoms with van der Waals surface area (Å²) in [7, 11) is 0. The Bertz CT molecular complexity index is 280. The Morgan fingerprint density at radius 3 is 1.42 bits per heavy atom. The third kappa shape index (κ3) is 16.4. The van der Waals surface area contributed by atoms with Crippen molar-refractivity contribution in [1.82, 2.24) is 4.90 Å². The van der Waals surface area contributed by atoms with Crippen molar-refractivity contribution >= 4 is 12.4 Å². The molecule has 0 bridgehead atoms. The van der Waals surface area contributed by atoms with Crippen molar-refractivity contribution in [1.29, 1.82) is 0 Å². The zero-order valence-corrected chi connectivity index (χ0v) is 16.8. The van der Waals surface area contributed by atoms with Gasteiger partial charge in [0.2, 0.25) is 0 Å². The van der Waals surface area contributed by atoms with E-state index in [0.29, 0.717) is 0 Å². The molecule has 0 saturated heterocycles. The van der Waals surface area contributed by atoms with E-state index in [4.69, 9.17) is 0 Å². The van der Waals surface area contributed by atoms with Crippen LogP contribution in [0.15, 0.2) is 24.6 Å². The molecule has 0 amide bonds. The molecule has 1 heterocycles. The van der Waals surface area contributed by atoms with Crippen LogP contribution in [0, 0.1) is 0 Å². The van der Waals surface area contributed by atoms with Crippen molar-refractivity contribution in [2.45, 2.75) is 103 Å². The Hall–Kier alpha value is -0.470. The lowest BCUT2D eigenvalue weighted by molar-refractivity contribution is 0.458. The first kappa shape index (κ1) is 25.8. The number of unbranched alkanes of at least 4 members (excludes halogenated alkanes) is 13. The molecule has 0 aromatic heterocycles. The number of rotatable bonds is 15. The summed E-state index contributed by atoms with van der Waals surface area (Å²) in [5, 5.41) is 0. The molecule has 2 nitrogen and oxygen atoms in total. The maximum absolute atomic E-state index is 2.32. The van der Waals surface area contributed by atoms with Crippen molar-refractivity contribution in [3.63, 3.8) is 0 Å². The summed E-state index contributed by atoms with van der Waals surface area (Å²) < 4.78 is 0. The molecule has 1 aliphatic rings. The minimum absolute atomic E-state index is 0. The molecular formula is C21H42ClNO. The van der Waals surface area contributed by atoms with Gasteiger partial charge in [-0.1, -0.05) is 103 Å². The molecule has 0 aliphatic carbocycles. The summed E-state index contributed by atoms with van der Waals surface area (Å²) in [6.07, 6.45) is 30.2. The highest BCUT2D eigenvalue weighted by atomic mass is 35.5. The van der Waals surface area contributed by atoms with Gasteiger partial charge in [0.1, 0.15) is 0 Å². The Balaban J connectivity index is 0. The molecule has 0 spiro atoms. The third-order valence-corrected chi connectivity index (χ3v) is 4.64. The first-order chi connectivity index (χ1) is 10.9. The van der Waals surface area contributed by atoms with Gasteiger partial charge in [-0.15, -0.1) is 12.4 Å². The van der Waals surface area contributed by atoms with Crippen LogP contribution in [0.1, 0.15) is 103 Å². The van der Waals surface area contributed by atoms with Crippen LogP contribution in [0.3, 0.4) is 0 Å². The molecular weight excluding hydrogens is 318 g/mol. The highest BCUT2D eigenvalue weighted by Crippen LogP contribution is 2.13. The number of hydrogen-bond donors (Lipinski definition) is 0. The summed E-state index contributed by atoms with van der Waals surface area (Å²) in [5.74, 6) is 0. The van der Waals surface area contributed by atoms with Gasteiger partial charge in [-0.3, -0.25) is 0 Å². The van der Waals surface area contributed by atoms with E-state index in [2.05, 4.69) is 36.4 Å². The molecule has 3 heteroatoms. The van der Waals surface area contributed by atoms with Crippen LogP contribution in [0.2, 0.25) is 0 Å². The first-order valence-electron chi connectivity index (χ1n) is 10.0. The molecule has 0 atom stereocenters. The normalized spacial score (nSPS) is 12.8. The fourth-order valence-electron chi connectivity index (χ4n) is 3.16. The fraction of sp³-hybridized carbons (Fsp3) is 0.810. The highest BCUT2D eigenvalue weighted by molar-refractivity contribution is 5.85. The second-order valence-electron chi connectivity index (χ2n) is 6.84. The van der Waals surface area contributed by atoms with Crippen LogP contribution in [0.25, 0.3) is 0 Å². The number of halogens is 1. The molecule has 2 N–H and O–H groups in total. The van der Waals surface area contributed by atoms with Crippen LogP contribution in [-0.2, 0) is 0 Å². The summed E-state index contributed by atoms with van der Waals surface area (Å²) >= 11 is 0. The van der Waals surface area contributed by atoms with Gasteiger partial charge in [0.05, 0.1) is 0 Å². The van der Waals surface area contributed by atoms with E-state index in [1.807, 2.05) is 0 Å². The summed E-state index contributed by atoms with van der Waals surface area (Å²) in [4.78, 5) is 2.32. The van der Waals surface area contributed by atoms with Crippen molar-refractivity contribution in [2.75, 3.05) is 6.54 Å². The van der Waals surface area contributed by atoms with E-state index in [1.54, 1.807) is 0 Å². The average Bonchev–Trinajstić information content (AvgIpc) is 2.56. The van der Waals surface area contributed by atoms with Crippen molar-refractivity contribution < 1.29 is 5.48 Å². The standard InChI is InChI=1S/C21H39N.ClH.H2O/c1-2-3-4-5-6-7-8-9-10-11-12-13-14-16-19-22-20-17-15-18-21-22;;/h17-18,20-21H,2-16,19H2,1H3;1H;1H2. The van der Waals surface area contributed by atoms with Crippen LogP contribution < -0.4 is 0 Å². The van der Waals surface area contributed by atoms with Gasteiger partial charge in [-0.05, 0) is 25.2 Å². The predicted octanol–water partition coefficient (Wildman–Crippen LogP) is 6.80. The lowest BCUT2D eigenvalue weighted by Crippen LogP contribution is -2.12. The summed E-state index contributed by atoms with van der Waals surface area (Å²) in [5.41, 5.74) is 0. The predicted molar refractivity (Wildman–Crippen MR) is 111 cm³/mol. The van der Waals surface area contributed by atoms with Gasteiger partial charge < -0.3 is 10.4 Å². The van der Waals surface area contributed by atoms with E-state index in [0.717, 1.165) is 6.42 Å². The topological polar surface area (TPSA) is 34.7 Å². The van der Waals surface area contributed by atoms with Crippen molar-refractivity contribution in [3.05, 3.63) is 24.6 Å². The molecule has 0 radical (unpaired) electrons. The zero-order valence-electron chi connectivity index (χ0n) is 16.0. The third-order valence-electron chi connectivity index (χ3n) is 4.64. The minimum Gasteiger partial charge on any atom is -0.412 e. The van der Waals surface area contributed by atoms with Crippen LogP contribution in [0.5, 0.6) is 0 Å². The van der Waals surface area contributed by atoms with Gasteiger partial charge in [0, 0.05) is 6.54 Å². The molecule has 0 saturated carbocycles. The molecule has 0 fully saturated rings. The van der Waals surface area contributed by atoms with Crippen LogP contribution in [0.4, 0.5) is 0 Å². The van der Waals surface area contributed by atoms with Gasteiger partial charge in [-0.2, -0.15) is 0 Å². The van der Waals surface area contributed by atoms with E-state index in [1.165, 1.54) is 96.4 Å².